The molecule has 1 saturated heterocycles. The molecule has 8 heteroatoms. The van der Waals surface area contributed by atoms with Gasteiger partial charge in [-0.05, 0) is 82.1 Å². The molecule has 1 atom stereocenters. The zero-order valence-electron chi connectivity index (χ0n) is 19.1. The van der Waals surface area contributed by atoms with Crippen LogP contribution < -0.4 is 10.6 Å². The SMILES string of the molecule is Cc1nc(CC2CCN(C)CC2)ccc1NC1=NC23N=CC=C(Cl)C=C2CC(=O)CC3=CN1. The molecule has 4 aliphatic rings. The molecule has 0 bridgehead atoms. The fourth-order valence-corrected chi connectivity index (χ4v) is 5.16. The average molecular weight is 465 g/mol. The van der Waals surface area contributed by atoms with E-state index in [0.717, 1.165) is 47.7 Å². The number of anilines is 1. The van der Waals surface area contributed by atoms with Crippen LogP contribution >= 0.6 is 11.6 Å². The highest BCUT2D eigenvalue weighted by atomic mass is 35.5. The van der Waals surface area contributed by atoms with Crippen LogP contribution in [0.25, 0.3) is 0 Å². The van der Waals surface area contributed by atoms with Crippen molar-refractivity contribution < 1.29 is 4.79 Å². The van der Waals surface area contributed by atoms with Gasteiger partial charge in [0.25, 0.3) is 0 Å². The number of likely N-dealkylation sites (tertiary alicyclic amines) is 1. The number of ketones is 1. The van der Waals surface area contributed by atoms with Crippen molar-refractivity contribution in [2.75, 3.05) is 25.5 Å². The first-order valence-electron chi connectivity index (χ1n) is 11.5. The van der Waals surface area contributed by atoms with Crippen LogP contribution in [0.1, 0.15) is 37.1 Å². The van der Waals surface area contributed by atoms with Gasteiger partial charge in [-0.15, -0.1) is 0 Å². The minimum Gasteiger partial charge on any atom is -0.332 e. The molecule has 2 N–H and O–H groups in total. The Kier molecular flexibility index (Phi) is 5.93. The normalized spacial score (nSPS) is 25.6. The topological polar surface area (TPSA) is 82.0 Å². The van der Waals surface area contributed by atoms with Crippen LogP contribution in [0, 0.1) is 12.8 Å². The third kappa shape index (κ3) is 4.52. The fourth-order valence-electron chi connectivity index (χ4n) is 4.97. The predicted molar refractivity (Wildman–Crippen MR) is 133 cm³/mol. The second kappa shape index (κ2) is 8.88. The number of aromatic nitrogens is 1. The summed E-state index contributed by atoms with van der Waals surface area (Å²) in [5.74, 6) is 1.41. The second-order valence-corrected chi connectivity index (χ2v) is 9.79. The molecule has 5 rings (SSSR count). The highest BCUT2D eigenvalue weighted by Crippen LogP contribution is 2.43. The molecule has 1 saturated carbocycles. The van der Waals surface area contributed by atoms with Crippen molar-refractivity contribution in [1.82, 2.24) is 15.2 Å². The lowest BCUT2D eigenvalue weighted by Crippen LogP contribution is -2.44. The number of aryl methyl sites for hydroxylation is 1. The number of Topliss-reactive ketones (excluding diaryl/α,β-unsaturated/α-hetero) is 1. The molecule has 1 spiro atoms. The van der Waals surface area contributed by atoms with Gasteiger partial charge in [-0.25, -0.2) is 4.99 Å². The molecule has 1 aromatic heterocycles. The van der Waals surface area contributed by atoms with Gasteiger partial charge < -0.3 is 15.5 Å². The molecular formula is C25H29ClN6O. The van der Waals surface area contributed by atoms with Crippen LogP contribution in [0.3, 0.4) is 0 Å². The number of hydrogen-bond donors (Lipinski definition) is 2. The van der Waals surface area contributed by atoms with Gasteiger partial charge in [-0.1, -0.05) is 11.6 Å². The number of carbonyl (C=O) groups is 1. The summed E-state index contributed by atoms with van der Waals surface area (Å²) in [6, 6.07) is 4.18. The predicted octanol–water partition coefficient (Wildman–Crippen LogP) is 3.72. The maximum atomic E-state index is 12.3. The van der Waals surface area contributed by atoms with Crippen LogP contribution in [-0.4, -0.2) is 53.6 Å². The summed E-state index contributed by atoms with van der Waals surface area (Å²) in [6.45, 7) is 4.34. The smallest absolute Gasteiger partial charge is 0.202 e. The van der Waals surface area contributed by atoms with Gasteiger partial charge in [0.2, 0.25) is 5.96 Å². The monoisotopic (exact) mass is 464 g/mol. The summed E-state index contributed by atoms with van der Waals surface area (Å²) < 4.78 is 0. The third-order valence-electron chi connectivity index (χ3n) is 6.87. The molecule has 3 aliphatic heterocycles. The van der Waals surface area contributed by atoms with E-state index in [-0.39, 0.29) is 5.78 Å². The summed E-state index contributed by atoms with van der Waals surface area (Å²) in [6.07, 6.45) is 11.2. The van der Waals surface area contributed by atoms with E-state index in [1.54, 1.807) is 12.3 Å². The largest absolute Gasteiger partial charge is 0.332 e. The molecule has 2 fully saturated rings. The Morgan fingerprint density at radius 3 is 2.82 bits per heavy atom. The number of piperidine rings is 1. The number of allylic oxidation sites excluding steroid dienone is 3. The number of nitrogens with zero attached hydrogens (tertiary/aromatic N) is 4. The number of guanidine groups is 1. The molecule has 1 aliphatic carbocycles. The van der Waals surface area contributed by atoms with Crippen molar-refractivity contribution in [3.8, 4) is 0 Å². The van der Waals surface area contributed by atoms with E-state index in [2.05, 4.69) is 34.7 Å². The van der Waals surface area contributed by atoms with E-state index in [0.29, 0.717) is 29.8 Å². The second-order valence-electron chi connectivity index (χ2n) is 9.35. The first-order chi connectivity index (χ1) is 15.9. The molecule has 172 valence electrons. The minimum atomic E-state index is -0.927. The van der Waals surface area contributed by atoms with E-state index >= 15 is 0 Å². The van der Waals surface area contributed by atoms with Gasteiger partial charge in [0, 0.05) is 41.6 Å². The van der Waals surface area contributed by atoms with Gasteiger partial charge >= 0.3 is 0 Å². The van der Waals surface area contributed by atoms with E-state index < -0.39 is 5.66 Å². The molecule has 4 heterocycles. The number of hydrogen-bond acceptors (Lipinski definition) is 7. The molecule has 0 amide bonds. The van der Waals surface area contributed by atoms with E-state index in [4.69, 9.17) is 26.6 Å². The summed E-state index contributed by atoms with van der Waals surface area (Å²) in [7, 11) is 2.19. The molecule has 7 nitrogen and oxygen atoms in total. The number of aliphatic imine (C=N–C) groups is 2. The van der Waals surface area contributed by atoms with Gasteiger partial charge in [-0.2, -0.15) is 0 Å². The van der Waals surface area contributed by atoms with Crippen molar-refractivity contribution in [2.45, 2.75) is 44.7 Å². The molecule has 0 radical (unpaired) electrons. The van der Waals surface area contributed by atoms with Crippen LogP contribution in [0.4, 0.5) is 5.69 Å². The maximum Gasteiger partial charge on any atom is 0.202 e. The van der Waals surface area contributed by atoms with Crippen LogP contribution in [0.15, 0.2) is 56.6 Å². The van der Waals surface area contributed by atoms with Crippen LogP contribution in [-0.2, 0) is 11.2 Å². The number of rotatable bonds is 3. The van der Waals surface area contributed by atoms with E-state index in [1.807, 2.05) is 19.2 Å². The molecule has 1 unspecified atom stereocenters. The minimum absolute atomic E-state index is 0.137. The Labute approximate surface area is 199 Å². The lowest BCUT2D eigenvalue weighted by Gasteiger charge is -2.37. The van der Waals surface area contributed by atoms with Crippen molar-refractivity contribution in [3.63, 3.8) is 0 Å². The number of nitrogens with one attached hydrogen (secondary N) is 2. The zero-order valence-corrected chi connectivity index (χ0v) is 19.8. The fraction of sp³-hybridized carbons (Fsp3) is 0.440. The number of halogens is 1. The molecule has 33 heavy (non-hydrogen) atoms. The first-order valence-corrected chi connectivity index (χ1v) is 11.9. The van der Waals surface area contributed by atoms with Crippen molar-refractivity contribution >= 4 is 35.2 Å². The number of pyridine rings is 1. The number of carbonyl (C=O) groups excluding carboxylic acids is 1. The van der Waals surface area contributed by atoms with Crippen LogP contribution in [0.5, 0.6) is 0 Å². The van der Waals surface area contributed by atoms with Crippen molar-refractivity contribution in [3.05, 3.63) is 58.1 Å². The quantitative estimate of drug-likeness (QED) is 0.712. The van der Waals surface area contributed by atoms with E-state index in [9.17, 15) is 4.79 Å². The Hall–Kier alpha value is -2.77. The zero-order chi connectivity index (χ0) is 23.0. The van der Waals surface area contributed by atoms with E-state index in [1.165, 1.54) is 12.8 Å². The third-order valence-corrected chi connectivity index (χ3v) is 7.10. The van der Waals surface area contributed by atoms with Gasteiger partial charge in [0.15, 0.2) is 5.66 Å². The van der Waals surface area contributed by atoms with Crippen molar-refractivity contribution in [2.24, 2.45) is 15.9 Å². The average Bonchev–Trinajstić information content (AvgIpc) is 2.93. The summed E-state index contributed by atoms with van der Waals surface area (Å²) in [5.41, 5.74) is 3.66. The maximum absolute atomic E-state index is 12.3. The standard InChI is InChI=1S/C25H29ClN6O/c1-16-23(4-3-21(29-16)11-17-6-9-32(2)10-7-17)30-24-27-15-19-14-22(33)13-18-12-20(26)5-8-28-25(18,19)31-24/h3-5,8,12,15,17H,6-7,9-11,13-14H2,1-2H3,(H2,27,30,31). The Morgan fingerprint density at radius 2 is 2.03 bits per heavy atom. The first kappa shape index (κ1) is 22.0. The summed E-state index contributed by atoms with van der Waals surface area (Å²) in [5, 5.41) is 7.12. The Bertz CT molecular complexity index is 1130. The van der Waals surface area contributed by atoms with Gasteiger partial charge in [-0.3, -0.25) is 14.8 Å². The van der Waals surface area contributed by atoms with Gasteiger partial charge in [0.05, 0.1) is 11.4 Å². The Balaban J connectivity index is 1.36. The lowest BCUT2D eigenvalue weighted by molar-refractivity contribution is -0.118. The highest BCUT2D eigenvalue weighted by molar-refractivity contribution is 6.32. The highest BCUT2D eigenvalue weighted by Gasteiger charge is 2.45. The Morgan fingerprint density at radius 1 is 1.24 bits per heavy atom. The molecule has 0 aromatic carbocycles. The van der Waals surface area contributed by atoms with Crippen molar-refractivity contribution in [1.29, 1.82) is 0 Å². The lowest BCUT2D eigenvalue weighted by atomic mass is 9.79. The molecular weight excluding hydrogens is 436 g/mol. The summed E-state index contributed by atoms with van der Waals surface area (Å²) in [4.78, 5) is 29.2. The molecule has 1 aromatic rings. The van der Waals surface area contributed by atoms with Crippen LogP contribution in [0.2, 0.25) is 0 Å². The van der Waals surface area contributed by atoms with Gasteiger partial charge in [0.1, 0.15) is 5.78 Å². The summed E-state index contributed by atoms with van der Waals surface area (Å²) >= 11 is 6.27.